The van der Waals surface area contributed by atoms with Gasteiger partial charge in [0, 0.05) is 33.7 Å². The van der Waals surface area contributed by atoms with E-state index >= 15 is 0 Å². The molecule has 1 aromatic carbocycles. The van der Waals surface area contributed by atoms with Gasteiger partial charge >= 0.3 is 6.18 Å². The number of anilines is 1. The van der Waals surface area contributed by atoms with Crippen molar-refractivity contribution >= 4 is 46.8 Å². The molecule has 0 atom stereocenters. The second-order valence-corrected chi connectivity index (χ2v) is 6.21. The van der Waals surface area contributed by atoms with Gasteiger partial charge in [-0.25, -0.2) is 9.97 Å². The van der Waals surface area contributed by atoms with Crippen molar-refractivity contribution in [1.29, 1.82) is 0 Å². The Hall–Kier alpha value is -2.64. The van der Waals surface area contributed by atoms with Crippen LogP contribution in [0.5, 0.6) is 0 Å². The number of fused-ring (bicyclic) bond motifs is 1. The van der Waals surface area contributed by atoms with Gasteiger partial charge in [0.1, 0.15) is 12.1 Å². The van der Waals surface area contributed by atoms with E-state index in [0.717, 1.165) is 23.2 Å². The Morgan fingerprint density at radius 1 is 1.17 bits per heavy atom. The van der Waals surface area contributed by atoms with E-state index in [4.69, 9.17) is 0 Å². The Kier molecular flexibility index (Phi) is 8.20. The molecule has 3 rings (SSSR count). The van der Waals surface area contributed by atoms with Crippen molar-refractivity contribution in [3.63, 3.8) is 0 Å². The molecule has 2 heterocycles. The van der Waals surface area contributed by atoms with Crippen molar-refractivity contribution in [2.24, 2.45) is 12.0 Å². The third-order valence-corrected chi connectivity index (χ3v) is 4.18. The topological polar surface area (TPSA) is 92.1 Å². The first-order valence-corrected chi connectivity index (χ1v) is 8.85. The average molecular weight is 534 g/mol. The van der Waals surface area contributed by atoms with Crippen molar-refractivity contribution < 1.29 is 13.2 Å². The molecule has 30 heavy (non-hydrogen) atoms. The highest BCUT2D eigenvalue weighted by Crippen LogP contribution is 2.29. The van der Waals surface area contributed by atoms with Crippen LogP contribution in [0.4, 0.5) is 19.0 Å². The summed E-state index contributed by atoms with van der Waals surface area (Å²) in [5.74, 6) is 1.16. The molecule has 8 nitrogen and oxygen atoms in total. The lowest BCUT2D eigenvalue weighted by molar-refractivity contribution is -0.137. The summed E-state index contributed by atoms with van der Waals surface area (Å²) in [7, 11) is 3.40. The summed E-state index contributed by atoms with van der Waals surface area (Å²) in [6.07, 6.45) is -1.20. The fourth-order valence-electron chi connectivity index (χ4n) is 2.73. The minimum Gasteiger partial charge on any atom is -0.368 e. The first-order valence-electron chi connectivity index (χ1n) is 8.85. The van der Waals surface area contributed by atoms with Crippen LogP contribution in [0, 0.1) is 0 Å². The third kappa shape index (κ3) is 5.93. The van der Waals surface area contributed by atoms with E-state index < -0.39 is 11.7 Å². The molecule has 0 bridgehead atoms. The van der Waals surface area contributed by atoms with Crippen molar-refractivity contribution in [2.75, 3.05) is 25.5 Å². The summed E-state index contributed by atoms with van der Waals surface area (Å²) in [6, 6.07) is 5.19. The molecule has 0 spiro atoms. The number of aliphatic imine (C=N–C) groups is 1. The summed E-state index contributed by atoms with van der Waals surface area (Å²) >= 11 is 0. The maximum atomic E-state index is 12.8. The zero-order chi connectivity index (χ0) is 20.9. The Labute approximate surface area is 188 Å². The second-order valence-electron chi connectivity index (χ2n) is 6.21. The van der Waals surface area contributed by atoms with Gasteiger partial charge in [0.25, 0.3) is 0 Å². The smallest absolute Gasteiger partial charge is 0.368 e. The van der Waals surface area contributed by atoms with Crippen LogP contribution in [0.15, 0.2) is 41.8 Å². The highest BCUT2D eigenvalue weighted by atomic mass is 127. The number of nitrogens with zero attached hydrogens (tertiary/aromatic N) is 5. The highest BCUT2D eigenvalue weighted by molar-refractivity contribution is 14.0. The van der Waals surface area contributed by atoms with E-state index in [1.165, 1.54) is 12.4 Å². The third-order valence-electron chi connectivity index (χ3n) is 4.18. The lowest BCUT2D eigenvalue weighted by Crippen LogP contribution is -2.39. The van der Waals surface area contributed by atoms with Gasteiger partial charge in [-0.3, -0.25) is 9.67 Å². The monoisotopic (exact) mass is 534 g/mol. The minimum atomic E-state index is -4.36. The summed E-state index contributed by atoms with van der Waals surface area (Å²) in [4.78, 5) is 12.5. The maximum Gasteiger partial charge on any atom is 0.416 e. The molecule has 3 N–H and O–H groups in total. The second kappa shape index (κ2) is 10.4. The zero-order valence-electron chi connectivity index (χ0n) is 16.4. The lowest BCUT2D eigenvalue weighted by atomic mass is 10.1. The van der Waals surface area contributed by atoms with Crippen molar-refractivity contribution in [3.8, 4) is 0 Å². The van der Waals surface area contributed by atoms with Crippen LogP contribution in [-0.4, -0.2) is 45.8 Å². The molecule has 0 unspecified atom stereocenters. The van der Waals surface area contributed by atoms with Crippen molar-refractivity contribution in [1.82, 2.24) is 30.4 Å². The predicted octanol–water partition coefficient (Wildman–Crippen LogP) is 2.78. The Morgan fingerprint density at radius 2 is 1.97 bits per heavy atom. The van der Waals surface area contributed by atoms with Crippen molar-refractivity contribution in [2.45, 2.75) is 12.7 Å². The molecule has 0 saturated carbocycles. The molecule has 0 aliphatic heterocycles. The number of aromatic nitrogens is 4. The van der Waals surface area contributed by atoms with Crippen LogP contribution >= 0.6 is 24.0 Å². The van der Waals surface area contributed by atoms with Crippen LogP contribution < -0.4 is 16.0 Å². The summed E-state index contributed by atoms with van der Waals surface area (Å²) in [5, 5.41) is 14.3. The van der Waals surface area contributed by atoms with E-state index in [1.54, 1.807) is 31.0 Å². The number of aryl methyl sites for hydroxylation is 1. The molecule has 0 amide bonds. The van der Waals surface area contributed by atoms with E-state index in [-0.39, 0.29) is 30.5 Å². The molecular weight excluding hydrogens is 512 g/mol. The largest absolute Gasteiger partial charge is 0.416 e. The van der Waals surface area contributed by atoms with E-state index in [9.17, 15) is 13.2 Å². The van der Waals surface area contributed by atoms with Gasteiger partial charge in [-0.05, 0) is 17.7 Å². The fraction of sp³-hybridized carbons (Fsp3) is 0.333. The SMILES string of the molecule is CN=C(NCCNc1ncnc2c1cnn2C)NCc1cccc(C(F)(F)F)c1.I. The molecule has 3 aromatic rings. The van der Waals surface area contributed by atoms with Crippen molar-refractivity contribution in [3.05, 3.63) is 47.9 Å². The van der Waals surface area contributed by atoms with Crippen LogP contribution in [0.3, 0.4) is 0 Å². The van der Waals surface area contributed by atoms with Gasteiger partial charge in [-0.2, -0.15) is 18.3 Å². The Bertz CT molecular complexity index is 1000. The van der Waals surface area contributed by atoms with Gasteiger partial charge in [-0.1, -0.05) is 12.1 Å². The normalized spacial score (nSPS) is 11.8. The molecule has 0 fully saturated rings. The minimum absolute atomic E-state index is 0. The fourth-order valence-corrected chi connectivity index (χ4v) is 2.73. The van der Waals surface area contributed by atoms with Crippen LogP contribution in [-0.2, 0) is 19.8 Å². The summed E-state index contributed by atoms with van der Waals surface area (Å²) < 4.78 is 40.1. The number of guanidine groups is 1. The van der Waals surface area contributed by atoms with E-state index in [0.29, 0.717) is 30.4 Å². The summed E-state index contributed by atoms with van der Waals surface area (Å²) in [6.45, 7) is 1.29. The number of benzene rings is 1. The Morgan fingerprint density at radius 3 is 2.70 bits per heavy atom. The average Bonchev–Trinajstić information content (AvgIpc) is 3.09. The number of rotatable bonds is 6. The van der Waals surface area contributed by atoms with E-state index in [1.807, 2.05) is 0 Å². The standard InChI is InChI=1S/C18H21F3N8.HI/c1-22-17(25-9-12-4-3-5-13(8-12)18(19,20)21)24-7-6-23-15-14-10-28-29(2)16(14)27-11-26-15;/h3-5,8,10-11H,6-7,9H2,1-2H3,(H2,22,24,25)(H,23,26,27);1H. The molecule has 162 valence electrons. The quantitative estimate of drug-likeness (QED) is 0.195. The molecule has 2 aromatic heterocycles. The zero-order valence-corrected chi connectivity index (χ0v) is 18.7. The molecule has 0 radical (unpaired) electrons. The number of halogens is 4. The van der Waals surface area contributed by atoms with Crippen LogP contribution in [0.25, 0.3) is 11.0 Å². The number of nitrogens with one attached hydrogen (secondary N) is 3. The maximum absolute atomic E-state index is 12.8. The molecule has 0 saturated heterocycles. The first kappa shape index (κ1) is 23.6. The van der Waals surface area contributed by atoms with E-state index in [2.05, 4.69) is 36.0 Å². The molecule has 12 heteroatoms. The van der Waals surface area contributed by atoms with Gasteiger partial charge in [0.05, 0.1) is 17.1 Å². The first-order chi connectivity index (χ1) is 13.9. The van der Waals surface area contributed by atoms with Gasteiger partial charge in [-0.15, -0.1) is 24.0 Å². The number of alkyl halides is 3. The molecule has 0 aliphatic carbocycles. The molecule has 0 aliphatic rings. The number of hydrogen-bond acceptors (Lipinski definition) is 5. The lowest BCUT2D eigenvalue weighted by Gasteiger charge is -2.14. The Balaban J connectivity index is 0.00000320. The predicted molar refractivity (Wildman–Crippen MR) is 120 cm³/mol. The number of hydrogen-bond donors (Lipinski definition) is 3. The van der Waals surface area contributed by atoms with Crippen LogP contribution in [0.1, 0.15) is 11.1 Å². The molecular formula is C18H22F3IN8. The van der Waals surface area contributed by atoms with Crippen LogP contribution in [0.2, 0.25) is 0 Å². The summed E-state index contributed by atoms with van der Waals surface area (Å²) in [5.41, 5.74) is 0.574. The van der Waals surface area contributed by atoms with Gasteiger partial charge in [0.15, 0.2) is 11.6 Å². The van der Waals surface area contributed by atoms with Gasteiger partial charge < -0.3 is 16.0 Å². The highest BCUT2D eigenvalue weighted by Gasteiger charge is 2.30. The van der Waals surface area contributed by atoms with Gasteiger partial charge in [0.2, 0.25) is 0 Å².